The summed E-state index contributed by atoms with van der Waals surface area (Å²) in [6.07, 6.45) is 0.673. The van der Waals surface area contributed by atoms with Gasteiger partial charge in [-0.25, -0.2) is 0 Å². The van der Waals surface area contributed by atoms with Gasteiger partial charge in [-0.3, -0.25) is 4.79 Å². The number of halogens is 1. The summed E-state index contributed by atoms with van der Waals surface area (Å²) < 4.78 is 11.8. The van der Waals surface area contributed by atoms with Crippen LogP contribution in [0.5, 0.6) is 11.5 Å². The Kier molecular flexibility index (Phi) is 6.92. The molecule has 1 N–H and O–H groups in total. The van der Waals surface area contributed by atoms with E-state index in [1.165, 1.54) is 0 Å². The molecule has 5 heteroatoms. The molecule has 0 heterocycles. The minimum Gasteiger partial charge on any atom is -0.493 e. The zero-order chi connectivity index (χ0) is 19.9. The maximum Gasteiger partial charge on any atom is 0.251 e. The first kappa shape index (κ1) is 20.2. The van der Waals surface area contributed by atoms with Crippen LogP contribution in [0.4, 0.5) is 0 Å². The van der Waals surface area contributed by atoms with Gasteiger partial charge in [-0.2, -0.15) is 0 Å². The van der Waals surface area contributed by atoms with Crippen molar-refractivity contribution in [1.29, 1.82) is 0 Å². The molecule has 0 saturated heterocycles. The maximum absolute atomic E-state index is 12.9. The SMILES string of the molecule is COc1ccc(C(Cc2ccccc2)NC(=O)c2cccc(I)c2)cc1OC. The molecule has 1 unspecified atom stereocenters. The predicted molar refractivity (Wildman–Crippen MR) is 119 cm³/mol. The number of carbonyl (C=O) groups is 1. The van der Waals surface area contributed by atoms with Crippen molar-refractivity contribution in [2.24, 2.45) is 0 Å². The van der Waals surface area contributed by atoms with Gasteiger partial charge in [-0.15, -0.1) is 0 Å². The maximum atomic E-state index is 12.9. The van der Waals surface area contributed by atoms with Gasteiger partial charge in [0, 0.05) is 9.13 Å². The van der Waals surface area contributed by atoms with E-state index in [1.54, 1.807) is 14.2 Å². The lowest BCUT2D eigenvalue weighted by Crippen LogP contribution is -2.30. The molecule has 3 rings (SSSR count). The van der Waals surface area contributed by atoms with E-state index in [9.17, 15) is 4.79 Å². The van der Waals surface area contributed by atoms with Crippen LogP contribution in [0.15, 0.2) is 72.8 Å². The summed E-state index contributed by atoms with van der Waals surface area (Å²) in [6, 6.07) is 23.2. The lowest BCUT2D eigenvalue weighted by atomic mass is 9.98. The van der Waals surface area contributed by atoms with Gasteiger partial charge in [0.2, 0.25) is 0 Å². The Balaban J connectivity index is 1.92. The second kappa shape index (κ2) is 9.59. The van der Waals surface area contributed by atoms with Gasteiger partial charge in [0.25, 0.3) is 5.91 Å². The van der Waals surface area contributed by atoms with Crippen molar-refractivity contribution in [3.63, 3.8) is 0 Å². The molecule has 144 valence electrons. The summed E-state index contributed by atoms with van der Waals surface area (Å²) in [7, 11) is 3.22. The van der Waals surface area contributed by atoms with Crippen LogP contribution in [0.25, 0.3) is 0 Å². The van der Waals surface area contributed by atoms with E-state index in [0.717, 1.165) is 14.7 Å². The fourth-order valence-corrected chi connectivity index (χ4v) is 3.59. The number of rotatable bonds is 7. The average molecular weight is 487 g/mol. The first-order valence-corrected chi connectivity index (χ1v) is 10.0. The highest BCUT2D eigenvalue weighted by Crippen LogP contribution is 2.31. The van der Waals surface area contributed by atoms with Crippen LogP contribution >= 0.6 is 22.6 Å². The Bertz CT molecular complexity index is 944. The van der Waals surface area contributed by atoms with Crippen LogP contribution in [0.1, 0.15) is 27.5 Å². The molecule has 28 heavy (non-hydrogen) atoms. The van der Waals surface area contributed by atoms with E-state index in [2.05, 4.69) is 40.0 Å². The van der Waals surface area contributed by atoms with Crippen molar-refractivity contribution in [1.82, 2.24) is 5.32 Å². The molecule has 1 atom stereocenters. The molecule has 0 spiro atoms. The van der Waals surface area contributed by atoms with Crippen molar-refractivity contribution in [2.75, 3.05) is 14.2 Å². The smallest absolute Gasteiger partial charge is 0.251 e. The van der Waals surface area contributed by atoms with Crippen LogP contribution in [0, 0.1) is 3.57 Å². The molecule has 4 nitrogen and oxygen atoms in total. The highest BCUT2D eigenvalue weighted by Gasteiger charge is 2.18. The summed E-state index contributed by atoms with van der Waals surface area (Å²) in [5.74, 6) is 1.20. The van der Waals surface area contributed by atoms with E-state index in [4.69, 9.17) is 9.47 Å². The third kappa shape index (κ3) is 5.04. The van der Waals surface area contributed by atoms with E-state index < -0.39 is 0 Å². The van der Waals surface area contributed by atoms with Gasteiger partial charge < -0.3 is 14.8 Å². The van der Waals surface area contributed by atoms with Gasteiger partial charge in [-0.1, -0.05) is 42.5 Å². The van der Waals surface area contributed by atoms with Crippen molar-refractivity contribution in [3.8, 4) is 11.5 Å². The minimum absolute atomic E-state index is 0.103. The molecule has 0 aromatic heterocycles. The molecule has 3 aromatic rings. The van der Waals surface area contributed by atoms with Gasteiger partial charge in [0.05, 0.1) is 20.3 Å². The van der Waals surface area contributed by atoms with Gasteiger partial charge in [0.15, 0.2) is 11.5 Å². The largest absolute Gasteiger partial charge is 0.493 e. The number of methoxy groups -OCH3 is 2. The molecule has 1 amide bonds. The number of hydrogen-bond donors (Lipinski definition) is 1. The van der Waals surface area contributed by atoms with Crippen molar-refractivity contribution in [2.45, 2.75) is 12.5 Å². The fraction of sp³-hybridized carbons (Fsp3) is 0.174. The number of carbonyl (C=O) groups excluding carboxylic acids is 1. The number of hydrogen-bond acceptors (Lipinski definition) is 3. The average Bonchev–Trinajstić information content (AvgIpc) is 2.73. The molecule has 0 fully saturated rings. The Hall–Kier alpha value is -2.54. The van der Waals surface area contributed by atoms with E-state index >= 15 is 0 Å². The molecule has 0 aliphatic heterocycles. The van der Waals surface area contributed by atoms with E-state index in [-0.39, 0.29) is 11.9 Å². The van der Waals surface area contributed by atoms with Crippen molar-refractivity contribution in [3.05, 3.63) is 93.1 Å². The molecule has 0 aliphatic rings. The molecule has 0 radical (unpaired) electrons. The van der Waals surface area contributed by atoms with Crippen molar-refractivity contribution >= 4 is 28.5 Å². The normalized spacial score (nSPS) is 11.5. The monoisotopic (exact) mass is 487 g/mol. The Morgan fingerprint density at radius 3 is 2.36 bits per heavy atom. The Labute approximate surface area is 179 Å². The molecule has 0 bridgehead atoms. The van der Waals surface area contributed by atoms with Crippen LogP contribution in [0.3, 0.4) is 0 Å². The molecular weight excluding hydrogens is 465 g/mol. The molecular formula is C23H22INO3. The third-order valence-electron chi connectivity index (χ3n) is 4.48. The molecule has 0 aliphatic carbocycles. The highest BCUT2D eigenvalue weighted by atomic mass is 127. The van der Waals surface area contributed by atoms with E-state index in [0.29, 0.717) is 23.5 Å². The Morgan fingerprint density at radius 1 is 0.929 bits per heavy atom. The summed E-state index contributed by atoms with van der Waals surface area (Å²) in [5.41, 5.74) is 2.75. The first-order valence-electron chi connectivity index (χ1n) is 8.93. The predicted octanol–water partition coefficient (Wildman–Crippen LogP) is 5.02. The summed E-state index contributed by atoms with van der Waals surface area (Å²) >= 11 is 2.21. The zero-order valence-electron chi connectivity index (χ0n) is 15.8. The van der Waals surface area contributed by atoms with Crippen LogP contribution < -0.4 is 14.8 Å². The lowest BCUT2D eigenvalue weighted by molar-refractivity contribution is 0.0936. The quantitative estimate of drug-likeness (QED) is 0.476. The second-order valence-electron chi connectivity index (χ2n) is 6.34. The van der Waals surface area contributed by atoms with Crippen LogP contribution in [0.2, 0.25) is 0 Å². The lowest BCUT2D eigenvalue weighted by Gasteiger charge is -2.21. The highest BCUT2D eigenvalue weighted by molar-refractivity contribution is 14.1. The van der Waals surface area contributed by atoms with Gasteiger partial charge in [-0.05, 0) is 70.5 Å². The summed E-state index contributed by atoms with van der Waals surface area (Å²) in [5, 5.41) is 3.18. The number of nitrogens with one attached hydrogen (secondary N) is 1. The van der Waals surface area contributed by atoms with E-state index in [1.807, 2.05) is 60.7 Å². The third-order valence-corrected chi connectivity index (χ3v) is 5.16. The topological polar surface area (TPSA) is 47.6 Å². The van der Waals surface area contributed by atoms with Crippen LogP contribution in [-0.2, 0) is 6.42 Å². The van der Waals surface area contributed by atoms with Gasteiger partial charge in [0.1, 0.15) is 0 Å². The standard InChI is InChI=1S/C23H22INO3/c1-27-21-12-11-17(15-22(21)28-2)20(13-16-7-4-3-5-8-16)25-23(26)18-9-6-10-19(24)14-18/h3-12,14-15,20H,13H2,1-2H3,(H,25,26). The molecule has 3 aromatic carbocycles. The second-order valence-corrected chi connectivity index (χ2v) is 7.59. The number of ether oxygens (including phenoxy) is 2. The summed E-state index contributed by atoms with van der Waals surface area (Å²) in [4.78, 5) is 12.9. The zero-order valence-corrected chi connectivity index (χ0v) is 18.0. The minimum atomic E-state index is -0.201. The van der Waals surface area contributed by atoms with Gasteiger partial charge >= 0.3 is 0 Å². The number of amides is 1. The molecule has 0 saturated carbocycles. The van der Waals surface area contributed by atoms with Crippen LogP contribution in [-0.4, -0.2) is 20.1 Å². The fourth-order valence-electron chi connectivity index (χ4n) is 3.04. The Morgan fingerprint density at radius 2 is 1.68 bits per heavy atom. The summed E-state index contributed by atoms with van der Waals surface area (Å²) in [6.45, 7) is 0. The van der Waals surface area contributed by atoms with Crippen molar-refractivity contribution < 1.29 is 14.3 Å². The first-order chi connectivity index (χ1) is 13.6. The number of benzene rings is 3.